The second-order valence-corrected chi connectivity index (χ2v) is 6.69. The van der Waals surface area contributed by atoms with Crippen LogP contribution in [0, 0.1) is 5.92 Å². The van der Waals surface area contributed by atoms with Gasteiger partial charge >= 0.3 is 0 Å². The summed E-state index contributed by atoms with van der Waals surface area (Å²) >= 11 is 0. The summed E-state index contributed by atoms with van der Waals surface area (Å²) in [6.07, 6.45) is 5.11. The van der Waals surface area contributed by atoms with Gasteiger partial charge in [0.2, 0.25) is 0 Å². The fourth-order valence-electron chi connectivity index (χ4n) is 3.54. The van der Waals surface area contributed by atoms with E-state index in [2.05, 4.69) is 35.5 Å². The molecule has 0 aliphatic carbocycles. The van der Waals surface area contributed by atoms with Crippen LogP contribution < -0.4 is 14.8 Å². The van der Waals surface area contributed by atoms with Crippen molar-refractivity contribution in [3.05, 3.63) is 23.8 Å². The topological polar surface area (TPSA) is 33.7 Å². The van der Waals surface area contributed by atoms with E-state index < -0.39 is 0 Å². The third-order valence-corrected chi connectivity index (χ3v) is 4.79. The first kappa shape index (κ1) is 15.6. The molecule has 0 amide bonds. The maximum atomic E-state index is 6.22. The summed E-state index contributed by atoms with van der Waals surface area (Å²) in [6, 6.07) is 6.42. The quantitative estimate of drug-likeness (QED) is 0.905. The summed E-state index contributed by atoms with van der Waals surface area (Å²) in [5.74, 6) is 2.50. The van der Waals surface area contributed by atoms with Gasteiger partial charge in [-0.25, -0.2) is 0 Å². The molecule has 2 saturated heterocycles. The molecule has 2 aliphatic rings. The fourth-order valence-corrected chi connectivity index (χ4v) is 3.54. The lowest BCUT2D eigenvalue weighted by molar-refractivity contribution is 0.199. The van der Waals surface area contributed by atoms with Gasteiger partial charge in [0.1, 0.15) is 6.10 Å². The summed E-state index contributed by atoms with van der Waals surface area (Å²) in [6.45, 7) is 4.42. The Balaban J connectivity index is 1.68. The smallest absolute Gasteiger partial charge is 0.161 e. The number of likely N-dealkylation sites (N-methyl/N-ethyl adjacent to an activating group) is 1. The van der Waals surface area contributed by atoms with Crippen LogP contribution in [0.1, 0.15) is 24.8 Å². The number of methoxy groups -OCH3 is 1. The second-order valence-electron chi connectivity index (χ2n) is 6.69. The molecule has 122 valence electrons. The predicted molar refractivity (Wildman–Crippen MR) is 88.8 cm³/mol. The summed E-state index contributed by atoms with van der Waals surface area (Å²) in [5.41, 5.74) is 1.36. The Morgan fingerprint density at radius 2 is 2.18 bits per heavy atom. The number of benzene rings is 1. The molecule has 0 bridgehead atoms. The van der Waals surface area contributed by atoms with Crippen LogP contribution in [-0.2, 0) is 6.42 Å². The molecule has 4 nitrogen and oxygen atoms in total. The maximum Gasteiger partial charge on any atom is 0.161 e. The molecule has 2 atom stereocenters. The Morgan fingerprint density at radius 1 is 1.27 bits per heavy atom. The first-order valence-electron chi connectivity index (χ1n) is 8.47. The summed E-state index contributed by atoms with van der Waals surface area (Å²) < 4.78 is 11.7. The lowest BCUT2D eigenvalue weighted by atomic mass is 9.92. The van der Waals surface area contributed by atoms with Gasteiger partial charge in [-0.2, -0.15) is 0 Å². The zero-order valence-electron chi connectivity index (χ0n) is 13.8. The van der Waals surface area contributed by atoms with Crippen molar-refractivity contribution in [2.24, 2.45) is 5.92 Å². The molecule has 0 aromatic heterocycles. The van der Waals surface area contributed by atoms with Crippen molar-refractivity contribution in [2.45, 2.75) is 31.8 Å². The van der Waals surface area contributed by atoms with Gasteiger partial charge in [0.25, 0.3) is 0 Å². The van der Waals surface area contributed by atoms with Crippen molar-refractivity contribution in [1.82, 2.24) is 10.2 Å². The molecule has 0 radical (unpaired) electrons. The third kappa shape index (κ3) is 3.93. The van der Waals surface area contributed by atoms with Crippen molar-refractivity contribution in [3.63, 3.8) is 0 Å². The SMILES string of the molecule is COc1ccc(CC2CCCNC2)cc1OC1CCN(C)C1. The maximum absolute atomic E-state index is 6.22. The van der Waals surface area contributed by atoms with Gasteiger partial charge in [-0.3, -0.25) is 0 Å². The Kier molecular flexibility index (Phi) is 5.21. The lowest BCUT2D eigenvalue weighted by Gasteiger charge is -2.23. The number of hydrogen-bond donors (Lipinski definition) is 1. The van der Waals surface area contributed by atoms with E-state index in [1.54, 1.807) is 7.11 Å². The van der Waals surface area contributed by atoms with Crippen LogP contribution in [-0.4, -0.2) is 51.3 Å². The number of ether oxygens (including phenoxy) is 2. The van der Waals surface area contributed by atoms with E-state index in [0.717, 1.165) is 49.9 Å². The Labute approximate surface area is 133 Å². The largest absolute Gasteiger partial charge is 0.493 e. The van der Waals surface area contributed by atoms with E-state index in [0.29, 0.717) is 0 Å². The normalized spacial score (nSPS) is 26.1. The Bertz CT molecular complexity index is 486. The molecule has 3 rings (SSSR count). The van der Waals surface area contributed by atoms with Gasteiger partial charge in [0, 0.05) is 13.1 Å². The van der Waals surface area contributed by atoms with E-state index in [1.807, 2.05) is 0 Å². The van der Waals surface area contributed by atoms with Crippen molar-refractivity contribution in [2.75, 3.05) is 40.3 Å². The molecule has 0 spiro atoms. The van der Waals surface area contributed by atoms with Crippen LogP contribution in [0.25, 0.3) is 0 Å². The average Bonchev–Trinajstić information content (AvgIpc) is 2.94. The number of hydrogen-bond acceptors (Lipinski definition) is 4. The number of nitrogens with one attached hydrogen (secondary N) is 1. The van der Waals surface area contributed by atoms with Gasteiger partial charge in [-0.15, -0.1) is 0 Å². The molecular weight excluding hydrogens is 276 g/mol. The summed E-state index contributed by atoms with van der Waals surface area (Å²) in [7, 11) is 3.86. The zero-order valence-corrected chi connectivity index (χ0v) is 13.8. The van der Waals surface area contributed by atoms with Crippen LogP contribution in [0.15, 0.2) is 18.2 Å². The number of rotatable bonds is 5. The van der Waals surface area contributed by atoms with Gasteiger partial charge < -0.3 is 19.7 Å². The second kappa shape index (κ2) is 7.34. The highest BCUT2D eigenvalue weighted by Gasteiger charge is 2.22. The first-order chi connectivity index (χ1) is 10.7. The van der Waals surface area contributed by atoms with Gasteiger partial charge in [0.15, 0.2) is 11.5 Å². The van der Waals surface area contributed by atoms with Crippen LogP contribution >= 0.6 is 0 Å². The molecule has 22 heavy (non-hydrogen) atoms. The van der Waals surface area contributed by atoms with Crippen LogP contribution in [0.3, 0.4) is 0 Å². The van der Waals surface area contributed by atoms with Crippen LogP contribution in [0.2, 0.25) is 0 Å². The minimum atomic E-state index is 0.283. The highest BCUT2D eigenvalue weighted by atomic mass is 16.5. The van der Waals surface area contributed by atoms with E-state index >= 15 is 0 Å². The van der Waals surface area contributed by atoms with Crippen molar-refractivity contribution >= 4 is 0 Å². The van der Waals surface area contributed by atoms with Crippen LogP contribution in [0.5, 0.6) is 11.5 Å². The van der Waals surface area contributed by atoms with Crippen molar-refractivity contribution in [1.29, 1.82) is 0 Å². The monoisotopic (exact) mass is 304 g/mol. The average molecular weight is 304 g/mol. The molecule has 2 fully saturated rings. The molecule has 1 aromatic carbocycles. The number of likely N-dealkylation sites (tertiary alicyclic amines) is 1. The first-order valence-corrected chi connectivity index (χ1v) is 8.47. The van der Waals surface area contributed by atoms with Gasteiger partial charge in [-0.1, -0.05) is 6.07 Å². The number of nitrogens with zero attached hydrogens (tertiary/aromatic N) is 1. The Morgan fingerprint density at radius 3 is 2.86 bits per heavy atom. The summed E-state index contributed by atoms with van der Waals surface area (Å²) in [4.78, 5) is 2.31. The van der Waals surface area contributed by atoms with Crippen molar-refractivity contribution < 1.29 is 9.47 Å². The summed E-state index contributed by atoms with van der Waals surface area (Å²) in [5, 5.41) is 3.49. The third-order valence-electron chi connectivity index (χ3n) is 4.79. The number of piperidine rings is 1. The van der Waals surface area contributed by atoms with Gasteiger partial charge in [-0.05, 0) is 69.4 Å². The standard InChI is InChI=1S/C18H28N2O2/c1-20-9-7-16(13-20)22-18-11-14(5-6-17(18)21-2)10-15-4-3-8-19-12-15/h5-6,11,15-16,19H,3-4,7-10,12-13H2,1-2H3. The molecule has 1 aromatic rings. The van der Waals surface area contributed by atoms with E-state index in [9.17, 15) is 0 Å². The minimum Gasteiger partial charge on any atom is -0.493 e. The molecule has 1 N–H and O–H groups in total. The van der Waals surface area contributed by atoms with Crippen LogP contribution in [0.4, 0.5) is 0 Å². The van der Waals surface area contributed by atoms with E-state index in [-0.39, 0.29) is 6.10 Å². The molecular formula is C18H28N2O2. The molecule has 2 aliphatic heterocycles. The molecule has 2 unspecified atom stereocenters. The van der Waals surface area contributed by atoms with Crippen molar-refractivity contribution in [3.8, 4) is 11.5 Å². The van der Waals surface area contributed by atoms with E-state index in [4.69, 9.17) is 9.47 Å². The molecule has 0 saturated carbocycles. The molecule has 2 heterocycles. The van der Waals surface area contributed by atoms with Gasteiger partial charge in [0.05, 0.1) is 7.11 Å². The lowest BCUT2D eigenvalue weighted by Crippen LogP contribution is -2.30. The highest BCUT2D eigenvalue weighted by Crippen LogP contribution is 2.31. The Hall–Kier alpha value is -1.26. The highest BCUT2D eigenvalue weighted by molar-refractivity contribution is 5.43. The molecule has 4 heteroatoms. The van der Waals surface area contributed by atoms with E-state index in [1.165, 1.54) is 24.9 Å². The fraction of sp³-hybridized carbons (Fsp3) is 0.667. The minimum absolute atomic E-state index is 0.283. The zero-order chi connectivity index (χ0) is 15.4. The predicted octanol–water partition coefficient (Wildman–Crippen LogP) is 2.32.